The number of anilines is 2. The van der Waals surface area contributed by atoms with Crippen LogP contribution in [0.4, 0.5) is 11.4 Å². The summed E-state index contributed by atoms with van der Waals surface area (Å²) in [5, 5.41) is 0. The van der Waals surface area contributed by atoms with Crippen LogP contribution in [0.2, 0.25) is 0 Å². The maximum Gasteiger partial charge on any atom is 0.0348 e. The summed E-state index contributed by atoms with van der Waals surface area (Å²) in [6, 6.07) is 9.67. The molecule has 0 amide bonds. The highest BCUT2D eigenvalue weighted by Gasteiger charge is 1.99. The minimum Gasteiger partial charge on any atom is -0.399 e. The van der Waals surface area contributed by atoms with E-state index in [0.29, 0.717) is 0 Å². The fourth-order valence-electron chi connectivity index (χ4n) is 1.61. The average Bonchev–Trinajstić information content (AvgIpc) is 2.72. The average molecular weight is 201 g/mol. The Bertz CT molecular complexity index is 432. The molecule has 2 aromatic rings. The Morgan fingerprint density at radius 3 is 2.53 bits per heavy atom. The van der Waals surface area contributed by atoms with Crippen molar-refractivity contribution in [3.8, 4) is 0 Å². The number of aryl methyl sites for hydroxylation is 2. The lowest BCUT2D eigenvalue weighted by Gasteiger charge is -2.07. The van der Waals surface area contributed by atoms with Crippen LogP contribution in [0.5, 0.6) is 0 Å². The van der Waals surface area contributed by atoms with E-state index in [1.807, 2.05) is 42.7 Å². The molecular formula is C12H15N3. The predicted molar refractivity (Wildman–Crippen MR) is 63.4 cm³/mol. The fourth-order valence-corrected chi connectivity index (χ4v) is 1.61. The molecule has 0 saturated heterocycles. The standard InChI is InChI=1S/C12H15N3/c13-11-3-4-12(14)10(9-11)5-8-15-6-1-2-7-15/h1-4,6-7,9H,5,8,13-14H2. The highest BCUT2D eigenvalue weighted by Crippen LogP contribution is 2.16. The summed E-state index contributed by atoms with van der Waals surface area (Å²) in [5.74, 6) is 0. The van der Waals surface area contributed by atoms with Crippen molar-refractivity contribution in [2.45, 2.75) is 13.0 Å². The van der Waals surface area contributed by atoms with E-state index < -0.39 is 0 Å². The van der Waals surface area contributed by atoms with Gasteiger partial charge in [-0.25, -0.2) is 0 Å². The Labute approximate surface area is 89.3 Å². The molecule has 3 heteroatoms. The van der Waals surface area contributed by atoms with Gasteiger partial charge in [-0.05, 0) is 42.3 Å². The van der Waals surface area contributed by atoms with Gasteiger partial charge in [0.05, 0.1) is 0 Å². The van der Waals surface area contributed by atoms with Gasteiger partial charge in [0, 0.05) is 30.3 Å². The quantitative estimate of drug-likeness (QED) is 0.745. The smallest absolute Gasteiger partial charge is 0.0348 e. The molecule has 0 aliphatic rings. The summed E-state index contributed by atoms with van der Waals surface area (Å²) in [6.07, 6.45) is 5.00. The number of nitrogen functional groups attached to an aromatic ring is 2. The third kappa shape index (κ3) is 2.31. The molecule has 0 fully saturated rings. The van der Waals surface area contributed by atoms with E-state index in [-0.39, 0.29) is 0 Å². The molecule has 78 valence electrons. The molecule has 0 unspecified atom stereocenters. The number of nitrogens with zero attached hydrogens (tertiary/aromatic N) is 1. The number of aromatic nitrogens is 1. The van der Waals surface area contributed by atoms with Gasteiger partial charge in [-0.2, -0.15) is 0 Å². The molecule has 15 heavy (non-hydrogen) atoms. The summed E-state index contributed by atoms with van der Waals surface area (Å²) < 4.78 is 2.13. The van der Waals surface area contributed by atoms with E-state index in [2.05, 4.69) is 4.57 Å². The lowest BCUT2D eigenvalue weighted by molar-refractivity contribution is 0.702. The summed E-state index contributed by atoms with van der Waals surface area (Å²) in [5.41, 5.74) is 14.3. The second-order valence-electron chi connectivity index (χ2n) is 3.63. The van der Waals surface area contributed by atoms with Gasteiger partial charge in [0.25, 0.3) is 0 Å². The van der Waals surface area contributed by atoms with Crippen LogP contribution in [-0.2, 0) is 13.0 Å². The number of hydrogen-bond donors (Lipinski definition) is 2. The van der Waals surface area contributed by atoms with E-state index in [1.54, 1.807) is 0 Å². The number of rotatable bonds is 3. The molecule has 0 atom stereocenters. The molecule has 1 aromatic carbocycles. The molecule has 0 spiro atoms. The van der Waals surface area contributed by atoms with Crippen LogP contribution in [-0.4, -0.2) is 4.57 Å². The molecule has 2 rings (SSSR count). The zero-order chi connectivity index (χ0) is 10.7. The van der Waals surface area contributed by atoms with Crippen LogP contribution >= 0.6 is 0 Å². The zero-order valence-electron chi connectivity index (χ0n) is 8.56. The topological polar surface area (TPSA) is 57.0 Å². The number of benzene rings is 1. The molecule has 0 radical (unpaired) electrons. The first-order valence-electron chi connectivity index (χ1n) is 5.00. The maximum absolute atomic E-state index is 5.86. The van der Waals surface area contributed by atoms with Crippen LogP contribution in [0.25, 0.3) is 0 Å². The van der Waals surface area contributed by atoms with Crippen molar-refractivity contribution < 1.29 is 0 Å². The first kappa shape index (κ1) is 9.65. The number of nitrogens with two attached hydrogens (primary N) is 2. The SMILES string of the molecule is Nc1ccc(N)c(CCn2cccc2)c1. The van der Waals surface area contributed by atoms with E-state index in [9.17, 15) is 0 Å². The Balaban J connectivity index is 2.07. The van der Waals surface area contributed by atoms with Crippen molar-refractivity contribution in [2.24, 2.45) is 0 Å². The van der Waals surface area contributed by atoms with Crippen LogP contribution in [0.1, 0.15) is 5.56 Å². The summed E-state index contributed by atoms with van der Waals surface area (Å²) in [4.78, 5) is 0. The van der Waals surface area contributed by atoms with Crippen molar-refractivity contribution in [3.05, 3.63) is 48.3 Å². The van der Waals surface area contributed by atoms with Gasteiger partial charge in [0.15, 0.2) is 0 Å². The normalized spacial score (nSPS) is 10.4. The minimum atomic E-state index is 0.770. The van der Waals surface area contributed by atoms with Crippen molar-refractivity contribution in [1.29, 1.82) is 0 Å². The molecule has 1 heterocycles. The molecule has 0 bridgehead atoms. The molecular weight excluding hydrogens is 186 g/mol. The van der Waals surface area contributed by atoms with Crippen LogP contribution in [0.3, 0.4) is 0 Å². The van der Waals surface area contributed by atoms with Gasteiger partial charge in [0.2, 0.25) is 0 Å². The van der Waals surface area contributed by atoms with Crippen molar-refractivity contribution in [2.75, 3.05) is 11.5 Å². The van der Waals surface area contributed by atoms with E-state index in [0.717, 1.165) is 29.9 Å². The molecule has 0 saturated carbocycles. The van der Waals surface area contributed by atoms with E-state index >= 15 is 0 Å². The van der Waals surface area contributed by atoms with Crippen LogP contribution < -0.4 is 11.5 Å². The Morgan fingerprint density at radius 2 is 1.80 bits per heavy atom. The summed E-state index contributed by atoms with van der Waals surface area (Å²) in [7, 11) is 0. The Morgan fingerprint density at radius 1 is 1.07 bits per heavy atom. The molecule has 3 nitrogen and oxygen atoms in total. The largest absolute Gasteiger partial charge is 0.399 e. The molecule has 4 N–H and O–H groups in total. The molecule has 0 aliphatic carbocycles. The second-order valence-corrected chi connectivity index (χ2v) is 3.63. The van der Waals surface area contributed by atoms with E-state index in [4.69, 9.17) is 11.5 Å². The lowest BCUT2D eigenvalue weighted by Crippen LogP contribution is -2.02. The third-order valence-electron chi connectivity index (χ3n) is 2.47. The van der Waals surface area contributed by atoms with Crippen molar-refractivity contribution in [3.63, 3.8) is 0 Å². The van der Waals surface area contributed by atoms with Gasteiger partial charge in [-0.1, -0.05) is 0 Å². The minimum absolute atomic E-state index is 0.770. The van der Waals surface area contributed by atoms with Gasteiger partial charge < -0.3 is 16.0 Å². The first-order chi connectivity index (χ1) is 7.25. The highest BCUT2D eigenvalue weighted by molar-refractivity contribution is 5.55. The second kappa shape index (κ2) is 4.09. The maximum atomic E-state index is 5.86. The van der Waals surface area contributed by atoms with Gasteiger partial charge in [-0.15, -0.1) is 0 Å². The third-order valence-corrected chi connectivity index (χ3v) is 2.47. The highest BCUT2D eigenvalue weighted by atomic mass is 14.9. The lowest BCUT2D eigenvalue weighted by atomic mass is 10.1. The van der Waals surface area contributed by atoms with Crippen LogP contribution in [0.15, 0.2) is 42.7 Å². The molecule has 1 aromatic heterocycles. The van der Waals surface area contributed by atoms with Crippen LogP contribution in [0, 0.1) is 0 Å². The fraction of sp³-hybridized carbons (Fsp3) is 0.167. The summed E-state index contributed by atoms with van der Waals surface area (Å²) >= 11 is 0. The van der Waals surface area contributed by atoms with Crippen molar-refractivity contribution in [1.82, 2.24) is 4.57 Å². The van der Waals surface area contributed by atoms with Gasteiger partial charge >= 0.3 is 0 Å². The first-order valence-corrected chi connectivity index (χ1v) is 5.00. The zero-order valence-corrected chi connectivity index (χ0v) is 8.56. The Kier molecular flexibility index (Phi) is 2.63. The monoisotopic (exact) mass is 201 g/mol. The summed E-state index contributed by atoms with van der Waals surface area (Å²) in [6.45, 7) is 0.931. The van der Waals surface area contributed by atoms with Gasteiger partial charge in [-0.3, -0.25) is 0 Å². The van der Waals surface area contributed by atoms with Crippen molar-refractivity contribution >= 4 is 11.4 Å². The molecule has 0 aliphatic heterocycles. The van der Waals surface area contributed by atoms with E-state index in [1.165, 1.54) is 0 Å². The van der Waals surface area contributed by atoms with Gasteiger partial charge in [0.1, 0.15) is 0 Å². The Hall–Kier alpha value is -1.90. The predicted octanol–water partition coefficient (Wildman–Crippen LogP) is 1.90. The number of hydrogen-bond acceptors (Lipinski definition) is 2.